The molecule has 2 rings (SSSR count). The highest BCUT2D eigenvalue weighted by Crippen LogP contribution is 2.29. The molecule has 0 bridgehead atoms. The highest BCUT2D eigenvalue weighted by molar-refractivity contribution is 5.85. The number of aliphatic hydroxyl groups is 2. The van der Waals surface area contributed by atoms with Crippen LogP contribution in [-0.4, -0.2) is 32.4 Å². The topological polar surface area (TPSA) is 115 Å². The average molecular weight is 354 g/mol. The maximum Gasteiger partial charge on any atom is 0.328 e. The molecule has 0 aliphatic heterocycles. The third kappa shape index (κ3) is 5.41. The second kappa shape index (κ2) is 8.75. The van der Waals surface area contributed by atoms with Crippen molar-refractivity contribution in [2.75, 3.05) is 0 Å². The van der Waals surface area contributed by atoms with E-state index >= 15 is 0 Å². The summed E-state index contributed by atoms with van der Waals surface area (Å²) in [5.74, 6) is -2.10. The average Bonchev–Trinajstić information content (AvgIpc) is 2.64. The normalized spacial score (nSPS) is 13.8. The molecule has 0 amide bonds. The number of aliphatic carboxylic acids is 2. The lowest BCUT2D eigenvalue weighted by molar-refractivity contribution is -0.132. The Kier molecular flexibility index (Phi) is 6.43. The van der Waals surface area contributed by atoms with Crippen molar-refractivity contribution < 1.29 is 30.0 Å². The lowest BCUT2D eigenvalue weighted by atomic mass is 9.97. The molecule has 26 heavy (non-hydrogen) atoms. The number of carboxylic acid groups (broad SMARTS) is 2. The largest absolute Gasteiger partial charge is 0.478 e. The maximum atomic E-state index is 10.5. The van der Waals surface area contributed by atoms with Gasteiger partial charge in [-0.15, -0.1) is 0 Å². The molecule has 0 saturated heterocycles. The van der Waals surface area contributed by atoms with Crippen LogP contribution in [0.15, 0.2) is 60.7 Å². The third-order valence-corrected chi connectivity index (χ3v) is 3.69. The monoisotopic (exact) mass is 354 g/mol. The van der Waals surface area contributed by atoms with E-state index in [1.54, 1.807) is 48.5 Å². The summed E-state index contributed by atoms with van der Waals surface area (Å²) in [5, 5.41) is 37.9. The molecule has 6 heteroatoms. The van der Waals surface area contributed by atoms with Gasteiger partial charge in [0.2, 0.25) is 0 Å². The van der Waals surface area contributed by atoms with Gasteiger partial charge in [-0.25, -0.2) is 9.59 Å². The van der Waals surface area contributed by atoms with Gasteiger partial charge in [0.05, 0.1) is 0 Å². The van der Waals surface area contributed by atoms with Gasteiger partial charge >= 0.3 is 11.9 Å². The van der Waals surface area contributed by atoms with Gasteiger partial charge in [0.15, 0.2) is 0 Å². The van der Waals surface area contributed by atoms with E-state index in [0.29, 0.717) is 22.3 Å². The van der Waals surface area contributed by atoms with E-state index in [4.69, 9.17) is 10.2 Å². The summed E-state index contributed by atoms with van der Waals surface area (Å²) in [7, 11) is 0. The van der Waals surface area contributed by atoms with Crippen LogP contribution in [0.2, 0.25) is 0 Å². The lowest BCUT2D eigenvalue weighted by Crippen LogP contribution is -2.10. The van der Waals surface area contributed by atoms with E-state index < -0.39 is 24.1 Å². The fourth-order valence-corrected chi connectivity index (χ4v) is 2.31. The maximum absolute atomic E-state index is 10.5. The fourth-order valence-electron chi connectivity index (χ4n) is 2.31. The molecular formula is C20H18O6. The number of aliphatic hydroxyl groups excluding tert-OH is 2. The molecule has 134 valence electrons. The summed E-state index contributed by atoms with van der Waals surface area (Å²) < 4.78 is 0. The van der Waals surface area contributed by atoms with Crippen LogP contribution in [0.4, 0.5) is 0 Å². The van der Waals surface area contributed by atoms with E-state index in [-0.39, 0.29) is 0 Å². The summed E-state index contributed by atoms with van der Waals surface area (Å²) >= 11 is 0. The Morgan fingerprint density at radius 3 is 1.23 bits per heavy atom. The van der Waals surface area contributed by atoms with E-state index in [9.17, 15) is 19.8 Å². The number of carboxylic acids is 2. The van der Waals surface area contributed by atoms with E-state index in [1.165, 1.54) is 12.2 Å². The van der Waals surface area contributed by atoms with Gasteiger partial charge in [0.25, 0.3) is 0 Å². The summed E-state index contributed by atoms with van der Waals surface area (Å²) in [6.07, 6.45) is 2.57. The van der Waals surface area contributed by atoms with Crippen molar-refractivity contribution >= 4 is 24.1 Å². The minimum Gasteiger partial charge on any atom is -0.478 e. The zero-order valence-corrected chi connectivity index (χ0v) is 13.7. The second-order valence-electron chi connectivity index (χ2n) is 5.57. The van der Waals surface area contributed by atoms with Gasteiger partial charge < -0.3 is 20.4 Å². The minimum atomic E-state index is -1.16. The predicted molar refractivity (Wildman–Crippen MR) is 96.1 cm³/mol. The number of carbonyl (C=O) groups is 2. The summed E-state index contributed by atoms with van der Waals surface area (Å²) in [4.78, 5) is 21.0. The van der Waals surface area contributed by atoms with Gasteiger partial charge in [0.1, 0.15) is 12.2 Å². The number of hydrogen-bond acceptors (Lipinski definition) is 4. The second-order valence-corrected chi connectivity index (χ2v) is 5.57. The summed E-state index contributed by atoms with van der Waals surface area (Å²) in [5.41, 5.74) is 2.29. The Hall–Kier alpha value is -3.22. The Morgan fingerprint density at radius 1 is 0.654 bits per heavy atom. The van der Waals surface area contributed by atoms with Crippen LogP contribution < -0.4 is 0 Å². The van der Waals surface area contributed by atoms with Crippen LogP contribution in [0, 0.1) is 0 Å². The molecule has 2 unspecified atom stereocenters. The van der Waals surface area contributed by atoms with Crippen molar-refractivity contribution in [3.05, 3.63) is 82.9 Å². The first-order chi connectivity index (χ1) is 12.4. The molecule has 2 atom stereocenters. The quantitative estimate of drug-likeness (QED) is 0.568. The van der Waals surface area contributed by atoms with Gasteiger partial charge in [-0.1, -0.05) is 48.5 Å². The molecular weight excluding hydrogens is 336 g/mol. The standard InChI is InChI=1S/C20H18O6/c21-17(22)11-5-13-1-7-15(8-2-13)19(25)20(26)16-9-3-14(4-10-16)6-12-18(23)24/h1-12,19-20,25-26H,(H,21,22)(H,23,24)/b11-5+,12-6+. The highest BCUT2D eigenvalue weighted by Gasteiger charge is 2.20. The van der Waals surface area contributed by atoms with Crippen LogP contribution in [0.1, 0.15) is 34.5 Å². The number of benzene rings is 2. The smallest absolute Gasteiger partial charge is 0.328 e. The Bertz CT molecular complexity index is 747. The first kappa shape index (κ1) is 19.1. The van der Waals surface area contributed by atoms with Crippen LogP contribution in [0.3, 0.4) is 0 Å². The van der Waals surface area contributed by atoms with Crippen LogP contribution in [0.25, 0.3) is 12.2 Å². The molecule has 0 fully saturated rings. The molecule has 6 nitrogen and oxygen atoms in total. The van der Waals surface area contributed by atoms with Gasteiger partial charge in [-0.3, -0.25) is 0 Å². The summed E-state index contributed by atoms with van der Waals surface area (Å²) in [6, 6.07) is 13.0. The molecule has 0 aliphatic rings. The van der Waals surface area contributed by atoms with Crippen molar-refractivity contribution in [2.45, 2.75) is 12.2 Å². The number of rotatable bonds is 7. The zero-order valence-electron chi connectivity index (χ0n) is 13.7. The molecule has 4 N–H and O–H groups in total. The van der Waals surface area contributed by atoms with E-state index in [1.807, 2.05) is 0 Å². The minimum absolute atomic E-state index is 0.486. The molecule has 0 radical (unpaired) electrons. The summed E-state index contributed by atoms with van der Waals surface area (Å²) in [6.45, 7) is 0. The molecule has 0 spiro atoms. The van der Waals surface area contributed by atoms with Gasteiger partial charge in [0, 0.05) is 12.2 Å². The zero-order chi connectivity index (χ0) is 19.1. The molecule has 2 aromatic carbocycles. The molecule has 0 saturated carbocycles. The first-order valence-electron chi connectivity index (χ1n) is 7.75. The fraction of sp³-hybridized carbons (Fsp3) is 0.100. The Balaban J connectivity index is 2.09. The van der Waals surface area contributed by atoms with Crippen molar-refractivity contribution in [2.24, 2.45) is 0 Å². The van der Waals surface area contributed by atoms with Crippen molar-refractivity contribution in [1.82, 2.24) is 0 Å². The highest BCUT2D eigenvalue weighted by atomic mass is 16.4. The Morgan fingerprint density at radius 2 is 0.962 bits per heavy atom. The van der Waals surface area contributed by atoms with Crippen LogP contribution in [0.5, 0.6) is 0 Å². The molecule has 2 aromatic rings. The predicted octanol–water partition coefficient (Wildman–Crippen LogP) is 2.65. The first-order valence-corrected chi connectivity index (χ1v) is 7.75. The molecule has 0 aliphatic carbocycles. The van der Waals surface area contributed by atoms with Crippen LogP contribution >= 0.6 is 0 Å². The van der Waals surface area contributed by atoms with Crippen molar-refractivity contribution in [3.63, 3.8) is 0 Å². The van der Waals surface area contributed by atoms with Crippen LogP contribution in [-0.2, 0) is 9.59 Å². The van der Waals surface area contributed by atoms with E-state index in [0.717, 1.165) is 12.2 Å². The SMILES string of the molecule is O=C(O)/C=C/c1ccc(C(O)C(O)c2ccc(/C=C/C(=O)O)cc2)cc1. The molecule has 0 heterocycles. The van der Waals surface area contributed by atoms with Gasteiger partial charge in [-0.2, -0.15) is 0 Å². The third-order valence-electron chi connectivity index (χ3n) is 3.69. The van der Waals surface area contributed by atoms with Crippen molar-refractivity contribution in [3.8, 4) is 0 Å². The van der Waals surface area contributed by atoms with E-state index in [2.05, 4.69) is 0 Å². The molecule has 0 aromatic heterocycles. The van der Waals surface area contributed by atoms with Gasteiger partial charge in [-0.05, 0) is 34.4 Å². The lowest BCUT2D eigenvalue weighted by Gasteiger charge is -2.19. The number of hydrogen-bond donors (Lipinski definition) is 4. The van der Waals surface area contributed by atoms with Crippen molar-refractivity contribution in [1.29, 1.82) is 0 Å². The Labute approximate surface area is 150 Å².